The molecule has 0 atom stereocenters. The largest absolute Gasteiger partial charge is 0.497 e. The predicted molar refractivity (Wildman–Crippen MR) is 95.6 cm³/mol. The summed E-state index contributed by atoms with van der Waals surface area (Å²) in [5.41, 5.74) is 1.35. The van der Waals surface area contributed by atoms with Crippen molar-refractivity contribution in [2.24, 2.45) is 0 Å². The quantitative estimate of drug-likeness (QED) is 0.531. The molecular weight excluding hydrogens is 324 g/mol. The summed E-state index contributed by atoms with van der Waals surface area (Å²) >= 11 is 5.14. The molecule has 0 radical (unpaired) electrons. The lowest BCUT2D eigenvalue weighted by molar-refractivity contribution is -0.122. The number of para-hydroxylation sites is 1. The first-order valence-electron chi connectivity index (χ1n) is 7.20. The van der Waals surface area contributed by atoms with Gasteiger partial charge in [0.25, 0.3) is 11.8 Å². The van der Waals surface area contributed by atoms with Gasteiger partial charge in [0.05, 0.1) is 12.8 Å². The highest BCUT2D eigenvalue weighted by Crippen LogP contribution is 2.22. The zero-order valence-corrected chi connectivity index (χ0v) is 13.7. The minimum atomic E-state index is -0.506. The number of amides is 2. The summed E-state index contributed by atoms with van der Waals surface area (Å²) in [4.78, 5) is 26.3. The second kappa shape index (κ2) is 6.64. The van der Waals surface area contributed by atoms with Crippen LogP contribution >= 0.6 is 12.2 Å². The van der Waals surface area contributed by atoms with Crippen LogP contribution in [0.15, 0.2) is 60.2 Å². The van der Waals surface area contributed by atoms with Crippen molar-refractivity contribution >= 4 is 40.9 Å². The number of thiocarbonyl (C=S) groups is 1. The molecule has 1 N–H and O–H groups in total. The minimum Gasteiger partial charge on any atom is -0.497 e. The molecule has 5 nitrogen and oxygen atoms in total. The van der Waals surface area contributed by atoms with Crippen LogP contribution in [0.25, 0.3) is 6.08 Å². The highest BCUT2D eigenvalue weighted by molar-refractivity contribution is 7.80. The lowest BCUT2D eigenvalue weighted by Crippen LogP contribution is -2.54. The minimum absolute atomic E-state index is 0.0256. The van der Waals surface area contributed by atoms with Crippen molar-refractivity contribution in [3.63, 3.8) is 0 Å². The number of hydrogen-bond acceptors (Lipinski definition) is 4. The third-order valence-electron chi connectivity index (χ3n) is 3.54. The van der Waals surface area contributed by atoms with Crippen molar-refractivity contribution in [1.29, 1.82) is 0 Å². The van der Waals surface area contributed by atoms with E-state index in [0.29, 0.717) is 11.4 Å². The molecule has 1 saturated heterocycles. The van der Waals surface area contributed by atoms with E-state index in [4.69, 9.17) is 17.0 Å². The first-order chi connectivity index (χ1) is 11.6. The normalized spacial score (nSPS) is 16.3. The van der Waals surface area contributed by atoms with Crippen molar-refractivity contribution < 1.29 is 14.3 Å². The maximum Gasteiger partial charge on any atom is 0.270 e. The van der Waals surface area contributed by atoms with E-state index in [9.17, 15) is 9.59 Å². The molecule has 24 heavy (non-hydrogen) atoms. The second-order valence-corrected chi connectivity index (χ2v) is 5.45. The van der Waals surface area contributed by atoms with Crippen molar-refractivity contribution in [2.45, 2.75) is 0 Å². The first-order valence-corrected chi connectivity index (χ1v) is 7.61. The number of benzene rings is 2. The molecule has 0 saturated carbocycles. The van der Waals surface area contributed by atoms with E-state index in [0.717, 1.165) is 5.56 Å². The third-order valence-corrected chi connectivity index (χ3v) is 3.83. The predicted octanol–water partition coefficient (Wildman–Crippen LogP) is 2.53. The van der Waals surface area contributed by atoms with Gasteiger partial charge < -0.3 is 4.74 Å². The fourth-order valence-corrected chi connectivity index (χ4v) is 2.62. The van der Waals surface area contributed by atoms with Crippen molar-refractivity contribution in [3.8, 4) is 5.75 Å². The highest BCUT2D eigenvalue weighted by atomic mass is 32.1. The van der Waals surface area contributed by atoms with E-state index in [1.807, 2.05) is 6.07 Å². The molecular formula is C18H14N2O3S. The molecule has 0 bridgehead atoms. The van der Waals surface area contributed by atoms with Crippen LogP contribution in [0.1, 0.15) is 5.56 Å². The molecule has 1 fully saturated rings. The summed E-state index contributed by atoms with van der Waals surface area (Å²) in [5, 5.41) is 2.63. The summed E-state index contributed by atoms with van der Waals surface area (Å²) in [6.07, 6.45) is 1.54. The molecule has 2 aromatic carbocycles. The van der Waals surface area contributed by atoms with Crippen LogP contribution in [0.5, 0.6) is 5.75 Å². The molecule has 0 unspecified atom stereocenters. The maximum absolute atomic E-state index is 12.8. The zero-order valence-electron chi connectivity index (χ0n) is 12.9. The highest BCUT2D eigenvalue weighted by Gasteiger charge is 2.34. The van der Waals surface area contributed by atoms with Gasteiger partial charge in [0.15, 0.2) is 5.11 Å². The lowest BCUT2D eigenvalue weighted by atomic mass is 10.1. The SMILES string of the molecule is COc1ccc(C=C2C(=O)NC(=S)N(c3ccccc3)C2=O)cc1. The van der Waals surface area contributed by atoms with Crippen LogP contribution in [0.4, 0.5) is 5.69 Å². The van der Waals surface area contributed by atoms with Gasteiger partial charge in [-0.05, 0) is 48.1 Å². The fraction of sp³-hybridized carbons (Fsp3) is 0.0556. The molecule has 0 spiro atoms. The zero-order chi connectivity index (χ0) is 17.1. The molecule has 0 aliphatic carbocycles. The number of nitrogens with zero attached hydrogens (tertiary/aromatic N) is 1. The van der Waals surface area contributed by atoms with Gasteiger partial charge >= 0.3 is 0 Å². The number of carbonyl (C=O) groups is 2. The maximum atomic E-state index is 12.8. The third kappa shape index (κ3) is 3.04. The number of rotatable bonds is 3. The molecule has 1 aliphatic heterocycles. The van der Waals surface area contributed by atoms with E-state index in [1.165, 1.54) is 11.0 Å². The summed E-state index contributed by atoms with van der Waals surface area (Å²) in [6.45, 7) is 0. The number of hydrogen-bond donors (Lipinski definition) is 1. The van der Waals surface area contributed by atoms with E-state index in [-0.39, 0.29) is 10.7 Å². The molecule has 2 amide bonds. The fourth-order valence-electron chi connectivity index (χ4n) is 2.34. The van der Waals surface area contributed by atoms with Gasteiger partial charge in [0.2, 0.25) is 0 Å². The summed E-state index contributed by atoms with van der Waals surface area (Å²) in [5.74, 6) is -0.262. The van der Waals surface area contributed by atoms with Gasteiger partial charge in [0, 0.05) is 0 Å². The average molecular weight is 338 g/mol. The van der Waals surface area contributed by atoms with Gasteiger partial charge in [-0.2, -0.15) is 0 Å². The van der Waals surface area contributed by atoms with Gasteiger partial charge in [-0.25, -0.2) is 0 Å². The van der Waals surface area contributed by atoms with Crippen LogP contribution in [-0.2, 0) is 9.59 Å². The monoisotopic (exact) mass is 338 g/mol. The molecule has 1 aliphatic rings. The Labute approximate surface area is 144 Å². The van der Waals surface area contributed by atoms with Crippen molar-refractivity contribution in [2.75, 3.05) is 12.0 Å². The summed E-state index contributed by atoms with van der Waals surface area (Å²) in [7, 11) is 1.57. The molecule has 6 heteroatoms. The van der Waals surface area contributed by atoms with Crippen molar-refractivity contribution in [1.82, 2.24) is 5.32 Å². The van der Waals surface area contributed by atoms with Crippen LogP contribution in [0.3, 0.4) is 0 Å². The Morgan fingerprint density at radius 2 is 1.71 bits per heavy atom. The number of ether oxygens (including phenoxy) is 1. The summed E-state index contributed by atoms with van der Waals surface area (Å²) in [6, 6.07) is 16.0. The molecule has 0 aromatic heterocycles. The first kappa shape index (κ1) is 15.9. The van der Waals surface area contributed by atoms with Crippen LogP contribution in [0, 0.1) is 0 Å². The standard InChI is InChI=1S/C18H14N2O3S/c1-23-14-9-7-12(8-10-14)11-15-16(21)19-18(24)20(17(15)22)13-5-3-2-4-6-13/h2-11H,1H3,(H,19,21,24). The summed E-state index contributed by atoms with van der Waals surface area (Å²) < 4.78 is 5.10. The average Bonchev–Trinajstić information content (AvgIpc) is 2.60. The Bertz CT molecular complexity index is 829. The van der Waals surface area contributed by atoms with Gasteiger partial charge in [-0.3, -0.25) is 19.8 Å². The van der Waals surface area contributed by atoms with E-state index in [1.54, 1.807) is 55.6 Å². The van der Waals surface area contributed by atoms with E-state index < -0.39 is 11.8 Å². The van der Waals surface area contributed by atoms with Crippen LogP contribution < -0.4 is 15.0 Å². The molecule has 2 aromatic rings. The van der Waals surface area contributed by atoms with E-state index in [2.05, 4.69) is 5.32 Å². The smallest absolute Gasteiger partial charge is 0.270 e. The molecule has 1 heterocycles. The van der Waals surface area contributed by atoms with E-state index >= 15 is 0 Å². The molecule has 3 rings (SSSR count). The topological polar surface area (TPSA) is 58.6 Å². The number of anilines is 1. The van der Waals surface area contributed by atoms with Gasteiger partial charge in [-0.15, -0.1) is 0 Å². The second-order valence-electron chi connectivity index (χ2n) is 5.07. The van der Waals surface area contributed by atoms with Gasteiger partial charge in [0.1, 0.15) is 11.3 Å². The number of carbonyl (C=O) groups excluding carboxylic acids is 2. The Balaban J connectivity index is 1.97. The number of nitrogens with one attached hydrogen (secondary N) is 1. The Hall–Kier alpha value is -2.99. The van der Waals surface area contributed by atoms with Crippen LogP contribution in [-0.4, -0.2) is 24.0 Å². The van der Waals surface area contributed by atoms with Gasteiger partial charge in [-0.1, -0.05) is 30.3 Å². The Morgan fingerprint density at radius 1 is 1.04 bits per heavy atom. The Kier molecular flexibility index (Phi) is 4.39. The van der Waals surface area contributed by atoms with Crippen molar-refractivity contribution in [3.05, 3.63) is 65.7 Å². The molecule has 120 valence electrons. The Morgan fingerprint density at radius 3 is 2.33 bits per heavy atom. The number of methoxy groups -OCH3 is 1. The van der Waals surface area contributed by atoms with Crippen LogP contribution in [0.2, 0.25) is 0 Å². The lowest BCUT2D eigenvalue weighted by Gasteiger charge is -2.28.